The van der Waals surface area contributed by atoms with E-state index in [1.165, 1.54) is 57.8 Å². The number of unbranched alkanes of at least 4 members (excludes halogenated alkanes) is 12. The Bertz CT molecular complexity index is 462. The van der Waals surface area contributed by atoms with Gasteiger partial charge in [-0.1, -0.05) is 109 Å². The third-order valence-corrected chi connectivity index (χ3v) is 5.95. The van der Waals surface area contributed by atoms with Crippen LogP contribution in [0, 0.1) is 0 Å². The molecule has 2 atom stereocenters. The van der Waals surface area contributed by atoms with E-state index in [2.05, 4.69) is 43.5 Å². The Morgan fingerprint density at radius 2 is 1.34 bits per heavy atom. The van der Waals surface area contributed by atoms with Gasteiger partial charge in [0, 0.05) is 6.42 Å². The van der Waals surface area contributed by atoms with Crippen LogP contribution in [0.3, 0.4) is 0 Å². The largest absolute Gasteiger partial charge is 0.394 e. The van der Waals surface area contributed by atoms with E-state index < -0.39 is 12.1 Å². The fourth-order valence-electron chi connectivity index (χ4n) is 3.81. The van der Waals surface area contributed by atoms with Gasteiger partial charge in [0.15, 0.2) is 0 Å². The fourth-order valence-corrected chi connectivity index (χ4v) is 3.81. The molecular weight excluding hydrogens is 398 g/mol. The van der Waals surface area contributed by atoms with Crippen molar-refractivity contribution < 1.29 is 15.0 Å². The Balaban J connectivity index is 3.67. The van der Waals surface area contributed by atoms with E-state index in [1.807, 2.05) is 0 Å². The van der Waals surface area contributed by atoms with Crippen LogP contribution in [0.4, 0.5) is 0 Å². The molecule has 0 aliphatic rings. The van der Waals surface area contributed by atoms with Crippen LogP contribution in [0.2, 0.25) is 0 Å². The van der Waals surface area contributed by atoms with E-state index in [1.54, 1.807) is 0 Å². The highest BCUT2D eigenvalue weighted by atomic mass is 16.3. The second-order valence-electron chi connectivity index (χ2n) is 9.11. The Morgan fingerprint density at radius 3 is 2.00 bits per heavy atom. The van der Waals surface area contributed by atoms with Gasteiger partial charge in [-0.15, -0.1) is 0 Å². The average Bonchev–Trinajstić information content (AvgIpc) is 2.79. The molecule has 0 aromatic rings. The number of hydrogen-bond donors (Lipinski definition) is 3. The van der Waals surface area contributed by atoms with Crippen LogP contribution < -0.4 is 5.32 Å². The van der Waals surface area contributed by atoms with E-state index >= 15 is 0 Å². The maximum atomic E-state index is 12.1. The van der Waals surface area contributed by atoms with Gasteiger partial charge in [-0.25, -0.2) is 0 Å². The minimum absolute atomic E-state index is 0.0540. The zero-order valence-electron chi connectivity index (χ0n) is 21.2. The van der Waals surface area contributed by atoms with Crippen LogP contribution in [0.5, 0.6) is 0 Å². The smallest absolute Gasteiger partial charge is 0.220 e. The Morgan fingerprint density at radius 1 is 0.750 bits per heavy atom. The average molecular weight is 452 g/mol. The Labute approximate surface area is 199 Å². The molecule has 0 heterocycles. The van der Waals surface area contributed by atoms with E-state index in [9.17, 15) is 15.0 Å². The summed E-state index contributed by atoms with van der Waals surface area (Å²) in [4.78, 5) is 12.1. The summed E-state index contributed by atoms with van der Waals surface area (Å²) in [6.07, 6.45) is 27.9. The summed E-state index contributed by atoms with van der Waals surface area (Å²) in [5, 5.41) is 22.7. The van der Waals surface area contributed by atoms with Gasteiger partial charge >= 0.3 is 0 Å². The molecule has 3 N–H and O–H groups in total. The van der Waals surface area contributed by atoms with Gasteiger partial charge in [-0.05, 0) is 38.5 Å². The topological polar surface area (TPSA) is 69.6 Å². The first-order valence-corrected chi connectivity index (χ1v) is 13.5. The molecule has 0 aromatic carbocycles. The molecule has 0 aliphatic carbocycles. The molecule has 4 heteroatoms. The summed E-state index contributed by atoms with van der Waals surface area (Å²) >= 11 is 0. The van der Waals surface area contributed by atoms with Crippen molar-refractivity contribution in [2.45, 2.75) is 142 Å². The number of hydrogen-bond acceptors (Lipinski definition) is 3. The molecule has 1 amide bonds. The first-order chi connectivity index (χ1) is 15.7. The number of nitrogens with one attached hydrogen (secondary N) is 1. The lowest BCUT2D eigenvalue weighted by atomic mass is 10.0. The van der Waals surface area contributed by atoms with Gasteiger partial charge in [-0.3, -0.25) is 4.79 Å². The second-order valence-corrected chi connectivity index (χ2v) is 9.11. The lowest BCUT2D eigenvalue weighted by Crippen LogP contribution is -2.45. The molecule has 0 aliphatic heterocycles. The molecule has 0 bridgehead atoms. The number of carbonyl (C=O) groups is 1. The van der Waals surface area contributed by atoms with Crippen molar-refractivity contribution in [3.8, 4) is 0 Å². The molecule has 0 rings (SSSR count). The maximum absolute atomic E-state index is 12.1. The summed E-state index contributed by atoms with van der Waals surface area (Å²) in [7, 11) is 0. The molecule has 0 fully saturated rings. The third kappa shape index (κ3) is 20.8. The second kappa shape index (κ2) is 24.5. The van der Waals surface area contributed by atoms with E-state index in [0.29, 0.717) is 12.8 Å². The van der Waals surface area contributed by atoms with Gasteiger partial charge in [-0.2, -0.15) is 0 Å². The summed E-state index contributed by atoms with van der Waals surface area (Å²) < 4.78 is 0. The van der Waals surface area contributed by atoms with E-state index in [-0.39, 0.29) is 12.5 Å². The molecule has 0 radical (unpaired) electrons. The normalized spacial score (nSPS) is 13.8. The number of carbonyl (C=O) groups excluding carboxylic acids is 1. The van der Waals surface area contributed by atoms with Crippen molar-refractivity contribution in [1.82, 2.24) is 5.32 Å². The summed E-state index contributed by atoms with van der Waals surface area (Å²) in [6, 6.07) is -0.536. The van der Waals surface area contributed by atoms with Gasteiger partial charge in [0.1, 0.15) is 0 Å². The molecule has 0 spiro atoms. The number of aliphatic hydroxyl groups excluding tert-OH is 2. The monoisotopic (exact) mass is 451 g/mol. The minimum Gasteiger partial charge on any atom is -0.394 e. The lowest BCUT2D eigenvalue weighted by molar-refractivity contribution is -0.123. The van der Waals surface area contributed by atoms with Crippen LogP contribution >= 0.6 is 0 Å². The zero-order chi connectivity index (χ0) is 23.7. The molecule has 188 valence electrons. The highest BCUT2D eigenvalue weighted by Crippen LogP contribution is 2.12. The molecule has 32 heavy (non-hydrogen) atoms. The highest BCUT2D eigenvalue weighted by Gasteiger charge is 2.19. The number of allylic oxidation sites excluding steroid dienone is 4. The lowest BCUT2D eigenvalue weighted by Gasteiger charge is -2.22. The van der Waals surface area contributed by atoms with Crippen LogP contribution in [-0.2, 0) is 4.79 Å². The van der Waals surface area contributed by atoms with Crippen molar-refractivity contribution in [2.75, 3.05) is 6.61 Å². The van der Waals surface area contributed by atoms with Crippen LogP contribution in [0.25, 0.3) is 0 Å². The summed E-state index contributed by atoms with van der Waals surface area (Å²) in [5.74, 6) is -0.0540. The maximum Gasteiger partial charge on any atom is 0.220 e. The van der Waals surface area contributed by atoms with E-state index in [0.717, 1.165) is 44.9 Å². The van der Waals surface area contributed by atoms with Gasteiger partial charge in [0.25, 0.3) is 0 Å². The number of amides is 1. The van der Waals surface area contributed by atoms with Crippen LogP contribution in [0.15, 0.2) is 24.3 Å². The predicted molar refractivity (Wildman–Crippen MR) is 138 cm³/mol. The van der Waals surface area contributed by atoms with Gasteiger partial charge in [0.05, 0.1) is 18.8 Å². The van der Waals surface area contributed by atoms with Crippen LogP contribution in [-0.4, -0.2) is 34.9 Å². The van der Waals surface area contributed by atoms with E-state index in [4.69, 9.17) is 0 Å². The molecule has 0 saturated heterocycles. The molecule has 0 aromatic heterocycles. The fraction of sp³-hybridized carbons (Fsp3) is 0.821. The van der Waals surface area contributed by atoms with Crippen molar-refractivity contribution in [1.29, 1.82) is 0 Å². The molecule has 2 unspecified atom stereocenters. The quantitative estimate of drug-likeness (QED) is 0.116. The van der Waals surface area contributed by atoms with Gasteiger partial charge in [0.2, 0.25) is 5.91 Å². The van der Waals surface area contributed by atoms with Crippen molar-refractivity contribution >= 4 is 5.91 Å². The predicted octanol–water partition coefficient (Wildman–Crippen LogP) is 7.00. The first kappa shape index (κ1) is 30.9. The standard InChI is InChI=1S/C28H53NO3/c1-3-5-7-9-11-12-13-14-15-16-18-20-22-24-28(32)29-26(25-30)27(31)23-21-19-17-10-8-6-4-2/h7,9,12-13,26-27,30-31H,3-6,8,10-11,14-25H2,1-2H3,(H,29,32)/b9-7-,13-12-. The Kier molecular flexibility index (Phi) is 23.6. The zero-order valence-corrected chi connectivity index (χ0v) is 21.2. The highest BCUT2D eigenvalue weighted by molar-refractivity contribution is 5.76. The summed E-state index contributed by atoms with van der Waals surface area (Å²) in [6.45, 7) is 4.21. The number of rotatable bonds is 23. The van der Waals surface area contributed by atoms with Crippen LogP contribution in [0.1, 0.15) is 129 Å². The summed E-state index contributed by atoms with van der Waals surface area (Å²) in [5.41, 5.74) is 0. The minimum atomic E-state index is -0.658. The van der Waals surface area contributed by atoms with Gasteiger partial charge < -0.3 is 15.5 Å². The van der Waals surface area contributed by atoms with Crippen molar-refractivity contribution in [2.24, 2.45) is 0 Å². The molecule has 4 nitrogen and oxygen atoms in total. The first-order valence-electron chi connectivity index (χ1n) is 13.5. The van der Waals surface area contributed by atoms with Crippen molar-refractivity contribution in [3.63, 3.8) is 0 Å². The molecular formula is C28H53NO3. The SMILES string of the molecule is CCC/C=C\C/C=C\CCCCCCCC(=O)NC(CO)C(O)CCCCCCCCC. The van der Waals surface area contributed by atoms with Crippen molar-refractivity contribution in [3.05, 3.63) is 24.3 Å². The Hall–Kier alpha value is -1.13. The number of aliphatic hydroxyl groups is 2. The molecule has 0 saturated carbocycles. The third-order valence-electron chi connectivity index (χ3n) is 5.95.